The van der Waals surface area contributed by atoms with Crippen LogP contribution in [-0.2, 0) is 4.74 Å². The lowest BCUT2D eigenvalue weighted by Crippen LogP contribution is -2.43. The number of nitro benzene ring substituents is 1. The van der Waals surface area contributed by atoms with Gasteiger partial charge in [-0.3, -0.25) is 14.9 Å². The smallest absolute Gasteiger partial charge is 0.284 e. The monoisotopic (exact) mass is 342 g/mol. The molecule has 0 spiro atoms. The van der Waals surface area contributed by atoms with E-state index in [1.165, 1.54) is 12.1 Å². The normalized spacial score (nSPS) is 18.9. The molecule has 0 N–H and O–H groups in total. The molecular formula is C13H15BrN2O4. The molecule has 1 saturated heterocycles. The summed E-state index contributed by atoms with van der Waals surface area (Å²) in [6, 6.07) is 4.48. The van der Waals surface area contributed by atoms with Gasteiger partial charge in [-0.25, -0.2) is 0 Å². The third-order valence-electron chi connectivity index (χ3n) is 3.40. The number of ether oxygens (including phenoxy) is 1. The number of halogens is 1. The molecule has 1 aromatic rings. The Hall–Kier alpha value is -1.47. The first-order chi connectivity index (χ1) is 9.54. The summed E-state index contributed by atoms with van der Waals surface area (Å²) in [6.07, 6.45) is 1.83. The molecule has 0 aliphatic carbocycles. The van der Waals surface area contributed by atoms with Crippen molar-refractivity contribution in [3.8, 4) is 0 Å². The van der Waals surface area contributed by atoms with Crippen molar-refractivity contribution in [1.29, 1.82) is 0 Å². The van der Waals surface area contributed by atoms with Gasteiger partial charge in [0, 0.05) is 26.3 Å². The van der Waals surface area contributed by atoms with E-state index in [0.717, 1.165) is 12.8 Å². The molecule has 20 heavy (non-hydrogen) atoms. The molecule has 0 aromatic heterocycles. The van der Waals surface area contributed by atoms with Gasteiger partial charge in [0.2, 0.25) is 0 Å². The van der Waals surface area contributed by atoms with Crippen LogP contribution in [-0.4, -0.2) is 42.0 Å². The van der Waals surface area contributed by atoms with Gasteiger partial charge in [0.1, 0.15) is 4.47 Å². The summed E-state index contributed by atoms with van der Waals surface area (Å²) in [4.78, 5) is 24.6. The molecule has 0 saturated carbocycles. The van der Waals surface area contributed by atoms with Gasteiger partial charge in [0.15, 0.2) is 0 Å². The minimum Gasteiger partial charge on any atom is -0.380 e. The molecular weight excluding hydrogens is 328 g/mol. The summed E-state index contributed by atoms with van der Waals surface area (Å²) in [5.41, 5.74) is 0.215. The fourth-order valence-electron chi connectivity index (χ4n) is 2.31. The standard InChI is InChI=1S/C13H15BrN2O4/c1-20-9-4-3-7-15(8-9)13(17)10-5-2-6-11(12(10)14)16(18)19/h2,5-6,9H,3-4,7-8H2,1H3. The van der Waals surface area contributed by atoms with E-state index < -0.39 is 4.92 Å². The average molecular weight is 343 g/mol. The molecule has 1 amide bonds. The Balaban J connectivity index is 2.25. The highest BCUT2D eigenvalue weighted by atomic mass is 79.9. The second kappa shape index (κ2) is 6.32. The van der Waals surface area contributed by atoms with E-state index in [-0.39, 0.29) is 22.2 Å². The van der Waals surface area contributed by atoms with Crippen molar-refractivity contribution in [3.63, 3.8) is 0 Å². The first kappa shape index (κ1) is 14.9. The van der Waals surface area contributed by atoms with E-state index in [4.69, 9.17) is 4.74 Å². The van der Waals surface area contributed by atoms with Gasteiger partial charge < -0.3 is 9.64 Å². The number of hydrogen-bond donors (Lipinski definition) is 0. The number of nitrogens with zero attached hydrogens (tertiary/aromatic N) is 2. The van der Waals surface area contributed by atoms with Crippen LogP contribution < -0.4 is 0 Å². The van der Waals surface area contributed by atoms with Crippen LogP contribution in [0.15, 0.2) is 22.7 Å². The Morgan fingerprint density at radius 3 is 2.95 bits per heavy atom. The van der Waals surface area contributed by atoms with Crippen LogP contribution in [0.1, 0.15) is 23.2 Å². The number of carbonyl (C=O) groups is 1. The zero-order chi connectivity index (χ0) is 14.7. The molecule has 1 heterocycles. The highest BCUT2D eigenvalue weighted by Crippen LogP contribution is 2.29. The minimum atomic E-state index is -0.505. The molecule has 0 radical (unpaired) electrons. The molecule has 1 aliphatic heterocycles. The van der Waals surface area contributed by atoms with Crippen LogP contribution in [0.2, 0.25) is 0 Å². The van der Waals surface area contributed by atoms with E-state index >= 15 is 0 Å². The maximum Gasteiger partial charge on any atom is 0.284 e. The van der Waals surface area contributed by atoms with Crippen molar-refractivity contribution in [2.75, 3.05) is 20.2 Å². The molecule has 7 heteroatoms. The summed E-state index contributed by atoms with van der Waals surface area (Å²) in [7, 11) is 1.63. The first-order valence-corrected chi connectivity index (χ1v) is 7.09. The molecule has 1 aliphatic rings. The van der Waals surface area contributed by atoms with E-state index in [1.807, 2.05) is 0 Å². The fraction of sp³-hybridized carbons (Fsp3) is 0.462. The van der Waals surface area contributed by atoms with Crippen molar-refractivity contribution < 1.29 is 14.5 Å². The van der Waals surface area contributed by atoms with Crippen molar-refractivity contribution in [2.24, 2.45) is 0 Å². The number of rotatable bonds is 3. The molecule has 1 fully saturated rings. The third kappa shape index (κ3) is 2.99. The maximum atomic E-state index is 12.5. The van der Waals surface area contributed by atoms with Crippen LogP contribution in [0, 0.1) is 10.1 Å². The number of carbonyl (C=O) groups excluding carboxylic acids is 1. The van der Waals surface area contributed by atoms with Crippen LogP contribution in [0.5, 0.6) is 0 Å². The molecule has 1 aromatic carbocycles. The van der Waals surface area contributed by atoms with Crippen LogP contribution in [0.25, 0.3) is 0 Å². The quantitative estimate of drug-likeness (QED) is 0.625. The Morgan fingerprint density at radius 2 is 2.30 bits per heavy atom. The van der Waals surface area contributed by atoms with Gasteiger partial charge in [-0.2, -0.15) is 0 Å². The summed E-state index contributed by atoms with van der Waals surface area (Å²) in [6.45, 7) is 1.16. The highest BCUT2D eigenvalue weighted by Gasteiger charge is 2.27. The number of likely N-dealkylation sites (tertiary alicyclic amines) is 1. The third-order valence-corrected chi connectivity index (χ3v) is 4.24. The fourth-order valence-corrected chi connectivity index (χ4v) is 2.89. The highest BCUT2D eigenvalue weighted by molar-refractivity contribution is 9.10. The summed E-state index contributed by atoms with van der Waals surface area (Å²) in [5, 5.41) is 10.9. The Bertz CT molecular complexity index is 535. The van der Waals surface area contributed by atoms with E-state index in [2.05, 4.69) is 15.9 Å². The largest absolute Gasteiger partial charge is 0.380 e. The molecule has 6 nitrogen and oxygen atoms in total. The zero-order valence-corrected chi connectivity index (χ0v) is 12.6. The number of piperidine rings is 1. The number of nitro groups is 1. The zero-order valence-electron chi connectivity index (χ0n) is 11.0. The van der Waals surface area contributed by atoms with Gasteiger partial charge in [-0.1, -0.05) is 6.07 Å². The topological polar surface area (TPSA) is 72.7 Å². The van der Waals surface area contributed by atoms with Gasteiger partial charge in [-0.05, 0) is 34.8 Å². The van der Waals surface area contributed by atoms with Gasteiger partial charge >= 0.3 is 0 Å². The predicted molar refractivity (Wildman–Crippen MR) is 76.7 cm³/mol. The first-order valence-electron chi connectivity index (χ1n) is 6.29. The van der Waals surface area contributed by atoms with Crippen molar-refractivity contribution >= 4 is 27.5 Å². The molecule has 1 unspecified atom stereocenters. The van der Waals surface area contributed by atoms with Gasteiger partial charge in [-0.15, -0.1) is 0 Å². The Kier molecular flexibility index (Phi) is 4.72. The Labute approximate surface area is 125 Å². The van der Waals surface area contributed by atoms with E-state index in [0.29, 0.717) is 18.7 Å². The number of methoxy groups -OCH3 is 1. The molecule has 1 atom stereocenters. The lowest BCUT2D eigenvalue weighted by atomic mass is 10.1. The van der Waals surface area contributed by atoms with E-state index in [1.54, 1.807) is 18.1 Å². The summed E-state index contributed by atoms with van der Waals surface area (Å²) in [5.74, 6) is -0.206. The molecule has 0 bridgehead atoms. The SMILES string of the molecule is COC1CCCN(C(=O)c2cccc([N+](=O)[O-])c2Br)C1. The summed E-state index contributed by atoms with van der Waals surface area (Å²) < 4.78 is 5.52. The van der Waals surface area contributed by atoms with Crippen LogP contribution in [0.4, 0.5) is 5.69 Å². The maximum absolute atomic E-state index is 12.5. The predicted octanol–water partition coefficient (Wildman–Crippen LogP) is 2.61. The Morgan fingerprint density at radius 1 is 1.55 bits per heavy atom. The molecule has 108 valence electrons. The number of benzene rings is 1. The molecule has 2 rings (SSSR count). The second-order valence-electron chi connectivity index (χ2n) is 4.65. The van der Waals surface area contributed by atoms with Gasteiger partial charge in [0.05, 0.1) is 16.6 Å². The lowest BCUT2D eigenvalue weighted by Gasteiger charge is -2.32. The second-order valence-corrected chi connectivity index (χ2v) is 5.44. The number of hydrogen-bond acceptors (Lipinski definition) is 4. The van der Waals surface area contributed by atoms with Crippen molar-refractivity contribution in [3.05, 3.63) is 38.3 Å². The van der Waals surface area contributed by atoms with Crippen LogP contribution >= 0.6 is 15.9 Å². The van der Waals surface area contributed by atoms with Gasteiger partial charge in [0.25, 0.3) is 11.6 Å². The average Bonchev–Trinajstić information content (AvgIpc) is 2.46. The number of amides is 1. The van der Waals surface area contributed by atoms with Crippen LogP contribution in [0.3, 0.4) is 0 Å². The van der Waals surface area contributed by atoms with Crippen molar-refractivity contribution in [2.45, 2.75) is 18.9 Å². The summed E-state index contributed by atoms with van der Waals surface area (Å²) >= 11 is 3.16. The van der Waals surface area contributed by atoms with E-state index in [9.17, 15) is 14.9 Å². The lowest BCUT2D eigenvalue weighted by molar-refractivity contribution is -0.385. The van der Waals surface area contributed by atoms with Crippen molar-refractivity contribution in [1.82, 2.24) is 4.90 Å². The minimum absolute atomic E-state index is 0.0326.